The number of carbonyl (C=O) groups excluding carboxylic acids is 1. The van der Waals surface area contributed by atoms with Crippen LogP contribution in [-0.4, -0.2) is 159 Å². The van der Waals surface area contributed by atoms with E-state index < -0.39 is 55.0 Å². The molecular formula is C61H72FN11O10S. The minimum atomic E-state index is -4.70. The van der Waals surface area contributed by atoms with E-state index in [4.69, 9.17) is 23.9 Å². The number of benzene rings is 3. The molecule has 1 spiro atoms. The number of H-pyrrole nitrogens is 1. The van der Waals surface area contributed by atoms with Crippen molar-refractivity contribution in [3.8, 4) is 11.6 Å². The molecule has 6 aromatic rings. The van der Waals surface area contributed by atoms with Gasteiger partial charge in [-0.1, -0.05) is 24.3 Å². The monoisotopic (exact) mass is 1170 g/mol. The highest BCUT2D eigenvalue weighted by molar-refractivity contribution is 7.90. The number of amides is 1. The number of hydrogen-bond acceptors (Lipinski definition) is 18. The Morgan fingerprint density at radius 3 is 2.54 bits per heavy atom. The largest absolute Gasteiger partial charge is 0.493 e. The van der Waals surface area contributed by atoms with E-state index in [-0.39, 0.29) is 52.1 Å². The maximum absolute atomic E-state index is 15.4. The Labute approximate surface area is 487 Å². The second-order valence-electron chi connectivity index (χ2n) is 24.4. The number of pyridine rings is 2. The van der Waals surface area contributed by atoms with Crippen LogP contribution in [-0.2, 0) is 26.0 Å². The van der Waals surface area contributed by atoms with E-state index in [1.807, 2.05) is 23.2 Å². The van der Waals surface area contributed by atoms with Gasteiger partial charge in [0.15, 0.2) is 11.6 Å². The summed E-state index contributed by atoms with van der Waals surface area (Å²) in [4.78, 5) is 50.3. The molecule has 3 atom stereocenters. The number of aliphatic hydroxyl groups is 1. The van der Waals surface area contributed by atoms with Gasteiger partial charge in [-0.25, -0.2) is 22.5 Å². The van der Waals surface area contributed by atoms with Crippen molar-refractivity contribution < 1.29 is 46.6 Å². The maximum Gasteiger partial charge on any atom is 0.293 e. The summed E-state index contributed by atoms with van der Waals surface area (Å²) in [6.45, 7) is 12.9. The molecule has 0 bridgehead atoms. The van der Waals surface area contributed by atoms with E-state index in [0.29, 0.717) is 63.0 Å². The van der Waals surface area contributed by atoms with Gasteiger partial charge in [0.05, 0.1) is 65.0 Å². The predicted molar refractivity (Wildman–Crippen MR) is 314 cm³/mol. The molecule has 2 saturated carbocycles. The molecule has 13 rings (SSSR count). The van der Waals surface area contributed by atoms with E-state index in [2.05, 4.69) is 76.9 Å². The number of halogens is 1. The lowest BCUT2D eigenvalue weighted by Gasteiger charge is -2.63. The Kier molecular flexibility index (Phi) is 14.9. The van der Waals surface area contributed by atoms with Crippen LogP contribution in [0.15, 0.2) is 90.1 Å². The van der Waals surface area contributed by atoms with Crippen LogP contribution in [0.2, 0.25) is 0 Å². The number of nitro groups is 1. The topological polar surface area (TPSA) is 233 Å². The molecule has 84 heavy (non-hydrogen) atoms. The zero-order chi connectivity index (χ0) is 58.1. The third-order valence-corrected chi connectivity index (χ3v) is 20.1. The molecule has 2 aliphatic carbocycles. The number of hydrogen-bond donors (Lipinski definition) is 4. The fourth-order valence-electron chi connectivity index (χ4n) is 14.1. The molecule has 23 heteroatoms. The second-order valence-corrected chi connectivity index (χ2v) is 26.1. The molecule has 3 aromatic carbocycles. The summed E-state index contributed by atoms with van der Waals surface area (Å²) in [5, 5.41) is 26.2. The van der Waals surface area contributed by atoms with Gasteiger partial charge in [-0.3, -0.25) is 24.7 Å². The highest BCUT2D eigenvalue weighted by Gasteiger charge is 2.55. The van der Waals surface area contributed by atoms with Gasteiger partial charge in [0, 0.05) is 107 Å². The molecular weight excluding hydrogens is 1100 g/mol. The van der Waals surface area contributed by atoms with Gasteiger partial charge in [0.1, 0.15) is 28.9 Å². The minimum Gasteiger partial charge on any atom is -0.493 e. The normalized spacial score (nSPS) is 24.6. The van der Waals surface area contributed by atoms with Gasteiger partial charge in [-0.15, -0.1) is 0 Å². The Morgan fingerprint density at radius 1 is 0.964 bits per heavy atom. The number of sulfonamides is 1. The third kappa shape index (κ3) is 10.9. The molecule has 5 aliphatic heterocycles. The SMILES string of the molecule is COc1cc(CN2CCN(C3CC4(C3)CN(c3ccc(C(=O)NS(=O)(=O)c5ccc(NC[C@H]6CC[C@](C)(O)CC6)c([N+](=O)[O-])c5)c(N5c6cc7c(F)c[nH]c7nc6O[C@H]6COCC[C@@H]65)c3)C4)[C@H](c3ccccc3C)C2)cnc1N1CCOCC1. The second kappa shape index (κ2) is 22.4. The molecule has 3 aromatic heterocycles. The molecule has 0 radical (unpaired) electrons. The molecule has 1 amide bonds. The van der Waals surface area contributed by atoms with Crippen LogP contribution < -0.4 is 34.2 Å². The van der Waals surface area contributed by atoms with Crippen LogP contribution in [0.5, 0.6) is 11.6 Å². The number of aromatic nitrogens is 3. The van der Waals surface area contributed by atoms with Crippen molar-refractivity contribution in [2.45, 2.75) is 100 Å². The first kappa shape index (κ1) is 56.0. The molecule has 4 N–H and O–H groups in total. The van der Waals surface area contributed by atoms with Crippen LogP contribution in [0.4, 0.5) is 38.6 Å². The summed E-state index contributed by atoms with van der Waals surface area (Å²) >= 11 is 0. The van der Waals surface area contributed by atoms with Gasteiger partial charge in [0.25, 0.3) is 21.6 Å². The van der Waals surface area contributed by atoms with Crippen molar-refractivity contribution in [2.75, 3.05) is 106 Å². The quantitative estimate of drug-likeness (QED) is 0.0566. The van der Waals surface area contributed by atoms with Crippen molar-refractivity contribution in [2.24, 2.45) is 11.3 Å². The molecule has 4 saturated heterocycles. The van der Waals surface area contributed by atoms with E-state index in [1.54, 1.807) is 26.2 Å². The number of carbonyl (C=O) groups is 1. The maximum atomic E-state index is 15.4. The fraction of sp³-hybridized carbons (Fsp3) is 0.492. The summed E-state index contributed by atoms with van der Waals surface area (Å²) < 4.78 is 70.0. The van der Waals surface area contributed by atoms with Gasteiger partial charge in [-0.05, 0) is 124 Å². The van der Waals surface area contributed by atoms with E-state index in [9.17, 15) is 28.4 Å². The number of methoxy groups -OCH3 is 1. The average molecular weight is 1170 g/mol. The Bertz CT molecular complexity index is 3590. The first-order valence-corrected chi connectivity index (χ1v) is 30.8. The lowest BCUT2D eigenvalue weighted by Crippen LogP contribution is -2.68. The highest BCUT2D eigenvalue weighted by Crippen LogP contribution is 2.54. The zero-order valence-corrected chi connectivity index (χ0v) is 48.4. The third-order valence-electron chi connectivity index (χ3n) is 18.7. The Morgan fingerprint density at radius 2 is 1.76 bits per heavy atom. The van der Waals surface area contributed by atoms with E-state index in [1.165, 1.54) is 29.5 Å². The van der Waals surface area contributed by atoms with Crippen molar-refractivity contribution in [1.29, 1.82) is 0 Å². The predicted octanol–water partition coefficient (Wildman–Crippen LogP) is 7.85. The van der Waals surface area contributed by atoms with Gasteiger partial charge < -0.3 is 49.1 Å². The first-order valence-electron chi connectivity index (χ1n) is 29.3. The lowest BCUT2D eigenvalue weighted by atomic mass is 9.59. The number of rotatable bonds is 15. The number of aromatic amines is 1. The molecule has 8 heterocycles. The van der Waals surface area contributed by atoms with Crippen LogP contribution in [0.25, 0.3) is 11.0 Å². The number of aryl methyl sites for hydroxylation is 1. The number of nitro benzene ring substituents is 1. The number of nitrogens with one attached hydrogen (secondary N) is 3. The summed E-state index contributed by atoms with van der Waals surface area (Å²) in [7, 11) is -2.99. The van der Waals surface area contributed by atoms with Crippen LogP contribution >= 0.6 is 0 Å². The molecule has 21 nitrogen and oxygen atoms in total. The lowest BCUT2D eigenvalue weighted by molar-refractivity contribution is -0.384. The van der Waals surface area contributed by atoms with Gasteiger partial charge in [-0.2, -0.15) is 4.98 Å². The number of piperazine rings is 1. The minimum absolute atomic E-state index is 0.00930. The first-order chi connectivity index (χ1) is 40.5. The van der Waals surface area contributed by atoms with Crippen LogP contribution in [0, 0.1) is 34.2 Å². The van der Waals surface area contributed by atoms with Crippen LogP contribution in [0.3, 0.4) is 0 Å². The number of fused-ring (bicyclic) bond motifs is 3. The summed E-state index contributed by atoms with van der Waals surface area (Å²) in [6.07, 6.45) is 7.87. The molecule has 444 valence electrons. The summed E-state index contributed by atoms with van der Waals surface area (Å²) in [6, 6.07) is 21.5. The van der Waals surface area contributed by atoms with Gasteiger partial charge in [0.2, 0.25) is 5.88 Å². The van der Waals surface area contributed by atoms with Crippen LogP contribution in [0.1, 0.15) is 85.0 Å². The molecule has 6 fully saturated rings. The van der Waals surface area contributed by atoms with Crippen molar-refractivity contribution in [3.63, 3.8) is 0 Å². The smallest absolute Gasteiger partial charge is 0.293 e. The van der Waals surface area contributed by atoms with Crippen molar-refractivity contribution in [3.05, 3.63) is 123 Å². The van der Waals surface area contributed by atoms with E-state index in [0.717, 1.165) is 107 Å². The number of morpholine rings is 1. The highest BCUT2D eigenvalue weighted by atomic mass is 32.2. The fourth-order valence-corrected chi connectivity index (χ4v) is 15.1. The van der Waals surface area contributed by atoms with Crippen molar-refractivity contribution >= 4 is 61.2 Å². The average Bonchev–Trinajstić information content (AvgIpc) is 1.45. The number of ether oxygens (including phenoxy) is 4. The van der Waals surface area contributed by atoms with Crippen molar-refractivity contribution in [1.82, 2.24) is 29.5 Å². The molecule has 7 aliphatic rings. The van der Waals surface area contributed by atoms with E-state index >= 15 is 4.39 Å². The standard InChI is InChI=1S/C61H72FN11O10S/c1-38-6-4-5-7-44(38)53-34-68(33-40-24-54(80-3)57(65-31-40)69-19-22-81-23-20-69)17-18-71(53)42-28-61(29-42)36-70(37-61)41-8-10-45(50(25-41)72-49-14-21-82-35-55(49)83-59-52(72)27-46-47(62)32-64-56(46)66-59)58(74)67-84(78,79)43-9-11-48(51(26-43)73(76)77)63-30-39-12-15-60(2,75)16-13-39/h4-11,24-27,31-32,39,42,49,53,55,63,75H,12-23,28-30,33-37H2,1-3H3,(H,64,66)(H,67,74)/t39-,49-,53-,55-,60-/m0/s1. The summed E-state index contributed by atoms with van der Waals surface area (Å²) in [5.74, 6) is 0.510. The van der Waals surface area contributed by atoms with Gasteiger partial charge >= 0.3 is 0 Å². The zero-order valence-electron chi connectivity index (χ0n) is 47.6. The molecule has 0 unspecified atom stereocenters. The Hall–Kier alpha value is -7.15. The number of nitrogens with zero attached hydrogens (tertiary/aromatic N) is 8. The summed E-state index contributed by atoms with van der Waals surface area (Å²) in [5.41, 5.74) is 4.60. The Balaban J connectivity index is 0.753. The number of anilines is 5.